The third-order valence-electron chi connectivity index (χ3n) is 5.57. The average Bonchev–Trinajstić information content (AvgIpc) is 3.24. The summed E-state index contributed by atoms with van der Waals surface area (Å²) >= 11 is 6.01. The van der Waals surface area contributed by atoms with Gasteiger partial charge in [0.2, 0.25) is 0 Å². The summed E-state index contributed by atoms with van der Waals surface area (Å²) in [5.41, 5.74) is 2.60. The quantitative estimate of drug-likeness (QED) is 0.456. The lowest BCUT2D eigenvalue weighted by atomic mass is 9.95. The highest BCUT2D eigenvalue weighted by molar-refractivity contribution is 7.92. The summed E-state index contributed by atoms with van der Waals surface area (Å²) in [4.78, 5) is 12.0. The molecule has 0 saturated heterocycles. The molecule has 0 saturated carbocycles. The maximum atomic E-state index is 14.1. The number of benzene rings is 3. The molecule has 2 aliphatic rings. The number of hydrogen-bond donors (Lipinski definition) is 2. The monoisotopic (exact) mass is 489 g/mol. The molecule has 3 aromatic carbocycles. The van der Waals surface area contributed by atoms with Gasteiger partial charge in [-0.2, -0.15) is 0 Å². The zero-order chi connectivity index (χ0) is 23.3. The summed E-state index contributed by atoms with van der Waals surface area (Å²) in [7, 11) is -4.40. The predicted molar refractivity (Wildman–Crippen MR) is 119 cm³/mol. The van der Waals surface area contributed by atoms with Crippen LogP contribution in [0, 0.1) is 5.82 Å². The molecule has 10 heteroatoms. The van der Waals surface area contributed by atoms with Crippen molar-refractivity contribution >= 4 is 33.3 Å². The Labute approximate surface area is 193 Å². The van der Waals surface area contributed by atoms with Crippen molar-refractivity contribution in [1.29, 1.82) is 0 Å². The van der Waals surface area contributed by atoms with Crippen LogP contribution < -0.4 is 9.46 Å². The molecule has 5 rings (SSSR count). The molecule has 3 aromatic rings. The molecule has 2 heterocycles. The number of cyclic esters (lactones) is 1. The number of anilines is 1. The third-order valence-corrected chi connectivity index (χ3v) is 7.24. The molecule has 0 aliphatic carbocycles. The number of aromatic hydroxyl groups is 1. The molecule has 7 nitrogen and oxygen atoms in total. The zero-order valence-corrected chi connectivity index (χ0v) is 18.6. The van der Waals surface area contributed by atoms with Gasteiger partial charge in [0, 0.05) is 18.4 Å². The standard InChI is InChI=1S/C23H17ClFNO6S/c24-18-8-15-10-20(21(18)27)33(29,30)26-19-9-14(7-13-4-5-31-22(13)19)17-11-16(25)2-1-12(17)3-6-32-23(15)28/h1-2,7-11,26-27H,3-6H2. The van der Waals surface area contributed by atoms with Crippen molar-refractivity contribution in [2.45, 2.75) is 17.7 Å². The van der Waals surface area contributed by atoms with Crippen molar-refractivity contribution in [3.63, 3.8) is 0 Å². The molecule has 0 fully saturated rings. The fourth-order valence-corrected chi connectivity index (χ4v) is 5.48. The highest BCUT2D eigenvalue weighted by Crippen LogP contribution is 2.41. The summed E-state index contributed by atoms with van der Waals surface area (Å²) in [5.74, 6) is -1.61. The second kappa shape index (κ2) is 7.93. The number of halogens is 2. The van der Waals surface area contributed by atoms with Gasteiger partial charge in [-0.1, -0.05) is 17.7 Å². The van der Waals surface area contributed by atoms with Gasteiger partial charge in [-0.05, 0) is 53.1 Å². The van der Waals surface area contributed by atoms with E-state index in [9.17, 15) is 22.7 Å². The Morgan fingerprint density at radius 1 is 0.970 bits per heavy atom. The lowest BCUT2D eigenvalue weighted by Gasteiger charge is -2.18. The second-order valence-corrected chi connectivity index (χ2v) is 9.77. The van der Waals surface area contributed by atoms with Gasteiger partial charge in [0.1, 0.15) is 16.5 Å². The van der Waals surface area contributed by atoms with Crippen molar-refractivity contribution in [1.82, 2.24) is 0 Å². The van der Waals surface area contributed by atoms with E-state index in [1.807, 2.05) is 6.07 Å². The lowest BCUT2D eigenvalue weighted by Crippen LogP contribution is -2.16. The van der Waals surface area contributed by atoms with E-state index in [2.05, 4.69) is 4.72 Å². The van der Waals surface area contributed by atoms with E-state index in [0.29, 0.717) is 36.3 Å². The van der Waals surface area contributed by atoms with Crippen LogP contribution in [0.15, 0.2) is 47.4 Å². The molecule has 2 N–H and O–H groups in total. The summed E-state index contributed by atoms with van der Waals surface area (Å²) in [5, 5.41) is 10.0. The molecule has 4 bridgehead atoms. The number of rotatable bonds is 0. The molecule has 0 atom stereocenters. The van der Waals surface area contributed by atoms with Gasteiger partial charge in [-0.25, -0.2) is 17.6 Å². The normalized spacial score (nSPS) is 16.5. The van der Waals surface area contributed by atoms with Crippen molar-refractivity contribution in [2.75, 3.05) is 17.9 Å². The van der Waals surface area contributed by atoms with Crippen LogP contribution in [0.1, 0.15) is 21.5 Å². The van der Waals surface area contributed by atoms with Crippen LogP contribution in [-0.4, -0.2) is 32.7 Å². The summed E-state index contributed by atoms with van der Waals surface area (Å²) in [6.45, 7) is 0.329. The van der Waals surface area contributed by atoms with E-state index in [-0.39, 0.29) is 22.9 Å². The number of hydrogen-bond acceptors (Lipinski definition) is 6. The van der Waals surface area contributed by atoms with Crippen LogP contribution in [0.5, 0.6) is 11.5 Å². The Morgan fingerprint density at radius 3 is 2.55 bits per heavy atom. The topological polar surface area (TPSA) is 102 Å². The zero-order valence-electron chi connectivity index (χ0n) is 17.0. The molecule has 33 heavy (non-hydrogen) atoms. The van der Waals surface area contributed by atoms with Gasteiger partial charge >= 0.3 is 5.97 Å². The Bertz CT molecular complexity index is 1420. The van der Waals surface area contributed by atoms with Crippen molar-refractivity contribution in [2.24, 2.45) is 0 Å². The maximum absolute atomic E-state index is 14.1. The first-order valence-corrected chi connectivity index (χ1v) is 11.9. The minimum Gasteiger partial charge on any atom is -0.505 e. The number of fused-ring (bicyclic) bond motifs is 8. The highest BCUT2D eigenvalue weighted by atomic mass is 35.5. The summed E-state index contributed by atoms with van der Waals surface area (Å²) < 4.78 is 54.0. The number of carbonyl (C=O) groups is 1. The van der Waals surface area contributed by atoms with E-state index in [1.165, 1.54) is 12.1 Å². The largest absolute Gasteiger partial charge is 0.505 e. The summed E-state index contributed by atoms with van der Waals surface area (Å²) in [6.07, 6.45) is 0.849. The highest BCUT2D eigenvalue weighted by Gasteiger charge is 2.28. The fourth-order valence-electron chi connectivity index (χ4n) is 4.01. The number of ether oxygens (including phenoxy) is 2. The van der Waals surface area contributed by atoms with Crippen LogP contribution >= 0.6 is 11.6 Å². The first-order valence-electron chi connectivity index (χ1n) is 10.0. The van der Waals surface area contributed by atoms with Gasteiger partial charge in [0.15, 0.2) is 5.75 Å². The molecular weight excluding hydrogens is 473 g/mol. The van der Waals surface area contributed by atoms with Crippen LogP contribution in [0.4, 0.5) is 10.1 Å². The number of nitrogens with one attached hydrogen (secondary N) is 1. The van der Waals surface area contributed by atoms with Gasteiger partial charge in [0.05, 0.1) is 29.5 Å². The number of carbonyl (C=O) groups excluding carboxylic acids is 1. The molecule has 2 aliphatic heterocycles. The lowest BCUT2D eigenvalue weighted by molar-refractivity contribution is 0.0509. The van der Waals surface area contributed by atoms with Crippen molar-refractivity contribution < 1.29 is 32.2 Å². The van der Waals surface area contributed by atoms with Crippen LogP contribution in [0.3, 0.4) is 0 Å². The SMILES string of the molecule is O=C1OCCc2ccc(F)cc2-c2cc3c(c(c2)NS(=O)(=O)c2cc1cc(Cl)c2O)OCC3. The smallest absolute Gasteiger partial charge is 0.338 e. The van der Waals surface area contributed by atoms with Gasteiger partial charge in [-0.15, -0.1) is 0 Å². The van der Waals surface area contributed by atoms with Crippen molar-refractivity contribution in [3.8, 4) is 22.6 Å². The first-order chi connectivity index (χ1) is 15.7. The van der Waals surface area contributed by atoms with Gasteiger partial charge in [-0.3, -0.25) is 4.72 Å². The number of esters is 1. The van der Waals surface area contributed by atoms with Crippen LogP contribution in [0.25, 0.3) is 11.1 Å². The first kappa shape index (κ1) is 21.5. The van der Waals surface area contributed by atoms with Gasteiger partial charge in [0.25, 0.3) is 10.0 Å². The molecule has 0 spiro atoms. The van der Waals surface area contributed by atoms with Gasteiger partial charge < -0.3 is 14.6 Å². The van der Waals surface area contributed by atoms with E-state index < -0.39 is 32.5 Å². The molecule has 170 valence electrons. The Hall–Kier alpha value is -3.30. The van der Waals surface area contributed by atoms with Crippen LogP contribution in [0.2, 0.25) is 5.02 Å². The number of phenolic OH excluding ortho intramolecular Hbond substituents is 1. The van der Waals surface area contributed by atoms with E-state index in [1.54, 1.807) is 12.1 Å². The third kappa shape index (κ3) is 3.87. The molecular formula is C23H17ClFNO6S. The van der Waals surface area contributed by atoms with Crippen LogP contribution in [-0.2, 0) is 27.6 Å². The second-order valence-electron chi connectivity index (χ2n) is 7.71. The minimum absolute atomic E-state index is 0.0306. The fraction of sp³-hybridized carbons (Fsp3) is 0.174. The molecule has 0 aromatic heterocycles. The Kier molecular flexibility index (Phi) is 5.18. The van der Waals surface area contributed by atoms with E-state index in [4.69, 9.17) is 21.1 Å². The Morgan fingerprint density at radius 2 is 1.73 bits per heavy atom. The van der Waals surface area contributed by atoms with E-state index in [0.717, 1.165) is 23.3 Å². The summed E-state index contributed by atoms with van der Waals surface area (Å²) in [6, 6.07) is 9.79. The van der Waals surface area contributed by atoms with Crippen molar-refractivity contribution in [3.05, 3.63) is 70.0 Å². The maximum Gasteiger partial charge on any atom is 0.338 e. The van der Waals surface area contributed by atoms with E-state index >= 15 is 0 Å². The molecule has 0 amide bonds. The average molecular weight is 490 g/mol. The molecule has 0 unspecified atom stereocenters. The number of sulfonamides is 1. The number of phenols is 1. The molecule has 0 radical (unpaired) electrons. The minimum atomic E-state index is -4.40. The predicted octanol–water partition coefficient (Wildman–Crippen LogP) is 4.30. The Balaban J connectivity index is 1.76.